The molecule has 9 nitrogen and oxygen atoms in total. The molecule has 0 atom stereocenters. The second-order valence-electron chi connectivity index (χ2n) is 7.32. The Labute approximate surface area is 184 Å². The van der Waals surface area contributed by atoms with E-state index < -0.39 is 10.0 Å². The number of hydrogen-bond acceptors (Lipinski definition) is 6. The smallest absolute Gasteiger partial charge is 0.254 e. The summed E-state index contributed by atoms with van der Waals surface area (Å²) in [5.41, 5.74) is 0.887. The molecule has 3 N–H and O–H groups in total. The number of sulfonamides is 1. The van der Waals surface area contributed by atoms with Gasteiger partial charge < -0.3 is 19.7 Å². The quantitative estimate of drug-likeness (QED) is 0.712. The van der Waals surface area contributed by atoms with Crippen LogP contribution in [0.3, 0.4) is 0 Å². The van der Waals surface area contributed by atoms with Crippen molar-refractivity contribution in [1.29, 1.82) is 0 Å². The Kier molecular flexibility index (Phi) is 5.78. The van der Waals surface area contributed by atoms with Crippen LogP contribution in [0.4, 0.5) is 5.69 Å². The molecule has 0 spiro atoms. The fraction of sp³-hybridized carbons (Fsp3) is 0.300. The van der Waals surface area contributed by atoms with Crippen molar-refractivity contribution in [3.63, 3.8) is 0 Å². The number of rotatable bonds is 4. The predicted octanol–water partition coefficient (Wildman–Crippen LogP) is 2.21. The lowest BCUT2D eigenvalue weighted by Crippen LogP contribution is -2.41. The van der Waals surface area contributed by atoms with Gasteiger partial charge in [0.25, 0.3) is 5.91 Å². The third-order valence-electron chi connectivity index (χ3n) is 5.28. The normalized spacial score (nSPS) is 16.3. The molecule has 0 aromatic heterocycles. The summed E-state index contributed by atoms with van der Waals surface area (Å²) in [6, 6.07) is 8.81. The highest BCUT2D eigenvalue weighted by molar-refractivity contribution is 7.89. The largest absolute Gasteiger partial charge is 0.454 e. The number of piperidine rings is 1. The minimum absolute atomic E-state index is 0.0269. The Morgan fingerprint density at radius 2 is 1.77 bits per heavy atom. The first-order valence-electron chi connectivity index (χ1n) is 9.54. The maximum atomic E-state index is 12.8. The molecule has 31 heavy (non-hydrogen) atoms. The van der Waals surface area contributed by atoms with E-state index in [4.69, 9.17) is 26.2 Å². The number of nitrogens with one attached hydrogen (secondary N) is 1. The van der Waals surface area contributed by atoms with Gasteiger partial charge in [-0.05, 0) is 49.2 Å². The molecule has 2 aromatic rings. The lowest BCUT2D eigenvalue weighted by molar-refractivity contribution is -0.121. The van der Waals surface area contributed by atoms with Crippen LogP contribution < -0.4 is 19.9 Å². The first-order valence-corrected chi connectivity index (χ1v) is 11.5. The molecular formula is C20H20ClN3O6S. The third kappa shape index (κ3) is 4.60. The van der Waals surface area contributed by atoms with E-state index in [1.54, 1.807) is 17.0 Å². The zero-order chi connectivity index (χ0) is 22.2. The van der Waals surface area contributed by atoms with Crippen molar-refractivity contribution in [2.24, 2.45) is 11.1 Å². The van der Waals surface area contributed by atoms with E-state index in [1.807, 2.05) is 0 Å². The first-order chi connectivity index (χ1) is 14.7. The van der Waals surface area contributed by atoms with Crippen molar-refractivity contribution in [3.8, 4) is 11.5 Å². The number of fused-ring (bicyclic) bond motifs is 1. The molecule has 0 unspecified atom stereocenters. The van der Waals surface area contributed by atoms with Crippen LogP contribution in [0.25, 0.3) is 0 Å². The molecule has 0 aliphatic carbocycles. The number of amides is 2. The monoisotopic (exact) mass is 465 g/mol. The number of halogens is 1. The minimum atomic E-state index is -3.79. The summed E-state index contributed by atoms with van der Waals surface area (Å²) in [5, 5.41) is 8.17. The molecule has 2 aromatic carbocycles. The van der Waals surface area contributed by atoms with Crippen molar-refractivity contribution in [2.45, 2.75) is 17.7 Å². The number of ether oxygens (including phenoxy) is 2. The first kappa shape index (κ1) is 21.4. The van der Waals surface area contributed by atoms with Gasteiger partial charge in [0, 0.05) is 30.3 Å². The van der Waals surface area contributed by atoms with Crippen molar-refractivity contribution in [2.75, 3.05) is 25.2 Å². The molecule has 1 fully saturated rings. The highest BCUT2D eigenvalue weighted by atomic mass is 35.5. The van der Waals surface area contributed by atoms with Gasteiger partial charge in [0.2, 0.25) is 22.7 Å². The SMILES string of the molecule is NS(=O)(=O)c1ccc(NC(=O)C2CCN(C(=O)c3cc(Cl)c4c(c3)OCO4)CC2)cc1. The van der Waals surface area contributed by atoms with Crippen molar-refractivity contribution in [1.82, 2.24) is 4.90 Å². The van der Waals surface area contributed by atoms with Gasteiger partial charge in [-0.1, -0.05) is 11.6 Å². The number of anilines is 1. The Balaban J connectivity index is 1.34. The van der Waals surface area contributed by atoms with Crippen LogP contribution in [-0.2, 0) is 14.8 Å². The fourth-order valence-electron chi connectivity index (χ4n) is 3.59. The Hall–Kier alpha value is -2.82. The summed E-state index contributed by atoms with van der Waals surface area (Å²) in [6.07, 6.45) is 1.01. The lowest BCUT2D eigenvalue weighted by Gasteiger charge is -2.31. The van der Waals surface area contributed by atoms with Gasteiger partial charge in [-0.25, -0.2) is 13.6 Å². The zero-order valence-electron chi connectivity index (χ0n) is 16.3. The van der Waals surface area contributed by atoms with Crippen LogP contribution in [0.5, 0.6) is 11.5 Å². The van der Waals surface area contributed by atoms with Crippen LogP contribution in [0.1, 0.15) is 23.2 Å². The second-order valence-corrected chi connectivity index (χ2v) is 9.29. The van der Waals surface area contributed by atoms with Gasteiger partial charge in [0.1, 0.15) is 0 Å². The molecule has 0 saturated carbocycles. The Morgan fingerprint density at radius 1 is 1.10 bits per heavy atom. The van der Waals surface area contributed by atoms with Gasteiger partial charge >= 0.3 is 0 Å². The molecule has 2 amide bonds. The van der Waals surface area contributed by atoms with E-state index in [0.29, 0.717) is 53.7 Å². The minimum Gasteiger partial charge on any atom is -0.454 e. The molecule has 0 bridgehead atoms. The number of primary sulfonamides is 1. The predicted molar refractivity (Wildman–Crippen MR) is 113 cm³/mol. The molecule has 2 aliphatic rings. The molecule has 11 heteroatoms. The highest BCUT2D eigenvalue weighted by Gasteiger charge is 2.29. The van der Waals surface area contributed by atoms with Crippen LogP contribution in [0.15, 0.2) is 41.3 Å². The average molecular weight is 466 g/mol. The molecule has 2 heterocycles. The summed E-state index contributed by atoms with van der Waals surface area (Å²) in [5.74, 6) is 0.255. The number of benzene rings is 2. The molecule has 2 aliphatic heterocycles. The second kappa shape index (κ2) is 8.37. The number of carbonyl (C=O) groups excluding carboxylic acids is 2. The van der Waals surface area contributed by atoms with Crippen LogP contribution >= 0.6 is 11.6 Å². The molecular weight excluding hydrogens is 446 g/mol. The van der Waals surface area contributed by atoms with Gasteiger partial charge in [-0.15, -0.1) is 0 Å². The maximum Gasteiger partial charge on any atom is 0.254 e. The molecule has 4 rings (SSSR count). The summed E-state index contributed by atoms with van der Waals surface area (Å²) < 4.78 is 33.2. The summed E-state index contributed by atoms with van der Waals surface area (Å²) in [7, 11) is -3.79. The Bertz CT molecular complexity index is 1130. The standard InChI is InChI=1S/C20H20ClN3O6S/c21-16-9-13(10-17-18(16)30-11-29-17)20(26)24-7-5-12(6-8-24)19(25)23-14-1-3-15(4-2-14)31(22,27)28/h1-4,9-10,12H,5-8,11H2,(H,23,25)(H2,22,27,28). The number of nitrogens with zero attached hydrogens (tertiary/aromatic N) is 1. The number of hydrogen-bond donors (Lipinski definition) is 2. The van der Waals surface area contributed by atoms with Gasteiger partial charge in [0.15, 0.2) is 11.5 Å². The van der Waals surface area contributed by atoms with Crippen molar-refractivity contribution < 1.29 is 27.5 Å². The lowest BCUT2D eigenvalue weighted by atomic mass is 9.95. The van der Waals surface area contributed by atoms with Gasteiger partial charge in [-0.3, -0.25) is 9.59 Å². The van der Waals surface area contributed by atoms with Crippen LogP contribution in [0.2, 0.25) is 5.02 Å². The van der Waals surface area contributed by atoms with E-state index in [-0.39, 0.29) is 29.4 Å². The molecule has 164 valence electrons. The van der Waals surface area contributed by atoms with E-state index in [2.05, 4.69) is 5.32 Å². The van der Waals surface area contributed by atoms with Crippen molar-refractivity contribution in [3.05, 3.63) is 47.0 Å². The zero-order valence-corrected chi connectivity index (χ0v) is 17.9. The van der Waals surface area contributed by atoms with Crippen LogP contribution in [-0.4, -0.2) is 45.0 Å². The maximum absolute atomic E-state index is 12.8. The third-order valence-corrected chi connectivity index (χ3v) is 6.49. The van der Waals surface area contributed by atoms with Crippen LogP contribution in [0, 0.1) is 5.92 Å². The van der Waals surface area contributed by atoms with E-state index in [9.17, 15) is 18.0 Å². The summed E-state index contributed by atoms with van der Waals surface area (Å²) >= 11 is 6.17. The number of likely N-dealkylation sites (tertiary alicyclic amines) is 1. The van der Waals surface area contributed by atoms with E-state index in [1.165, 1.54) is 24.3 Å². The number of carbonyl (C=O) groups is 2. The summed E-state index contributed by atoms with van der Waals surface area (Å²) in [6.45, 7) is 0.915. The topological polar surface area (TPSA) is 128 Å². The van der Waals surface area contributed by atoms with Crippen molar-refractivity contribution >= 4 is 39.1 Å². The Morgan fingerprint density at radius 3 is 2.42 bits per heavy atom. The fourth-order valence-corrected chi connectivity index (χ4v) is 4.37. The number of nitrogens with two attached hydrogens (primary N) is 1. The van der Waals surface area contributed by atoms with Gasteiger partial charge in [-0.2, -0.15) is 0 Å². The highest BCUT2D eigenvalue weighted by Crippen LogP contribution is 2.40. The molecule has 1 saturated heterocycles. The summed E-state index contributed by atoms with van der Waals surface area (Å²) in [4.78, 5) is 27.1. The van der Waals surface area contributed by atoms with Gasteiger partial charge in [0.05, 0.1) is 9.92 Å². The van der Waals surface area contributed by atoms with E-state index in [0.717, 1.165) is 0 Å². The van der Waals surface area contributed by atoms with E-state index >= 15 is 0 Å². The molecule has 0 radical (unpaired) electrons. The average Bonchev–Trinajstić information content (AvgIpc) is 3.22.